The van der Waals surface area contributed by atoms with Crippen LogP contribution in [0.4, 0.5) is 11.4 Å². The van der Waals surface area contributed by atoms with Gasteiger partial charge in [0.05, 0.1) is 13.0 Å². The molecule has 1 unspecified atom stereocenters. The summed E-state index contributed by atoms with van der Waals surface area (Å²) in [6.07, 6.45) is 0.222. The molecular formula is C20H24ClN3O4. The Bertz CT molecular complexity index is 807. The quantitative estimate of drug-likeness (QED) is 0.484. The molecule has 2 aromatic rings. The van der Waals surface area contributed by atoms with Crippen LogP contribution in [0.5, 0.6) is 0 Å². The van der Waals surface area contributed by atoms with Crippen LogP contribution in [-0.2, 0) is 20.7 Å². The number of nitrogens with two attached hydrogens (primary N) is 1. The summed E-state index contributed by atoms with van der Waals surface area (Å²) in [6.45, 7) is 3.51. The highest BCUT2D eigenvalue weighted by molar-refractivity contribution is 5.98. The lowest BCUT2D eigenvalue weighted by molar-refractivity contribution is -0.144. The van der Waals surface area contributed by atoms with E-state index in [1.807, 2.05) is 0 Å². The highest BCUT2D eigenvalue weighted by Gasteiger charge is 2.17. The number of amides is 2. The summed E-state index contributed by atoms with van der Waals surface area (Å²) in [5.74, 6) is -1.05. The van der Waals surface area contributed by atoms with Crippen LogP contribution in [0, 0.1) is 0 Å². The Morgan fingerprint density at radius 1 is 1.04 bits per heavy atom. The molecule has 0 aliphatic rings. The maximum atomic E-state index is 12.1. The van der Waals surface area contributed by atoms with E-state index in [9.17, 15) is 14.4 Å². The van der Waals surface area contributed by atoms with Crippen molar-refractivity contribution in [2.75, 3.05) is 17.7 Å². The molecular weight excluding hydrogens is 382 g/mol. The van der Waals surface area contributed by atoms with Crippen molar-refractivity contribution in [3.05, 3.63) is 59.7 Å². The van der Waals surface area contributed by atoms with E-state index in [-0.39, 0.29) is 31.3 Å². The molecule has 150 valence electrons. The molecule has 8 heteroatoms. The third kappa shape index (κ3) is 6.92. The van der Waals surface area contributed by atoms with E-state index < -0.39 is 17.9 Å². The lowest BCUT2D eigenvalue weighted by Crippen LogP contribution is -2.39. The molecule has 2 rings (SSSR count). The van der Waals surface area contributed by atoms with Gasteiger partial charge in [-0.3, -0.25) is 9.59 Å². The summed E-state index contributed by atoms with van der Waals surface area (Å²) in [5, 5.41) is 5.34. The molecule has 28 heavy (non-hydrogen) atoms. The van der Waals surface area contributed by atoms with E-state index in [1.54, 1.807) is 62.4 Å². The molecule has 0 spiro atoms. The number of hydrogen-bond donors (Lipinski definition) is 3. The smallest absolute Gasteiger partial charge is 0.328 e. The summed E-state index contributed by atoms with van der Waals surface area (Å²) in [5.41, 5.74) is 8.07. The number of nitrogens with one attached hydrogen (secondary N) is 2. The summed E-state index contributed by atoms with van der Waals surface area (Å²) < 4.78 is 4.85. The van der Waals surface area contributed by atoms with E-state index in [0.717, 1.165) is 5.56 Å². The largest absolute Gasteiger partial charge is 0.464 e. The van der Waals surface area contributed by atoms with Gasteiger partial charge < -0.3 is 21.1 Å². The third-order valence-corrected chi connectivity index (χ3v) is 3.76. The Kier molecular flexibility index (Phi) is 8.98. The number of ether oxygens (including phenoxy) is 1. The SMILES string of the molecule is CCOC(=O)C(C)NC(=O)c1ccc(NC(=O)Cc2ccc(N)cc2)cc1.Cl. The van der Waals surface area contributed by atoms with E-state index in [1.165, 1.54) is 0 Å². The second kappa shape index (κ2) is 10.9. The fourth-order valence-corrected chi connectivity index (χ4v) is 2.34. The average Bonchev–Trinajstić information content (AvgIpc) is 2.64. The number of carbonyl (C=O) groups is 3. The molecule has 0 bridgehead atoms. The maximum absolute atomic E-state index is 12.1. The Morgan fingerprint density at radius 2 is 1.64 bits per heavy atom. The summed E-state index contributed by atoms with van der Waals surface area (Å²) in [7, 11) is 0. The zero-order valence-electron chi connectivity index (χ0n) is 15.7. The zero-order chi connectivity index (χ0) is 19.8. The zero-order valence-corrected chi connectivity index (χ0v) is 16.5. The molecule has 0 aromatic heterocycles. The molecule has 4 N–H and O–H groups in total. The lowest BCUT2D eigenvalue weighted by Gasteiger charge is -2.13. The number of nitrogen functional groups attached to an aromatic ring is 1. The highest BCUT2D eigenvalue weighted by atomic mass is 35.5. The van der Waals surface area contributed by atoms with E-state index >= 15 is 0 Å². The number of anilines is 2. The van der Waals surface area contributed by atoms with Crippen molar-refractivity contribution in [2.24, 2.45) is 0 Å². The Balaban J connectivity index is 0.00000392. The molecule has 0 fully saturated rings. The average molecular weight is 406 g/mol. The number of halogens is 1. The molecule has 0 saturated carbocycles. The van der Waals surface area contributed by atoms with Crippen LogP contribution in [0.3, 0.4) is 0 Å². The maximum Gasteiger partial charge on any atom is 0.328 e. The first kappa shape index (κ1) is 23.0. The first-order valence-corrected chi connectivity index (χ1v) is 8.61. The second-order valence-corrected chi connectivity index (χ2v) is 5.99. The van der Waals surface area contributed by atoms with E-state index in [2.05, 4.69) is 10.6 Å². The monoisotopic (exact) mass is 405 g/mol. The van der Waals surface area contributed by atoms with Crippen molar-refractivity contribution in [3.8, 4) is 0 Å². The Labute approximate surface area is 170 Å². The third-order valence-electron chi connectivity index (χ3n) is 3.76. The van der Waals surface area contributed by atoms with Crippen molar-refractivity contribution in [1.29, 1.82) is 0 Å². The molecule has 0 heterocycles. The van der Waals surface area contributed by atoms with E-state index in [0.29, 0.717) is 16.9 Å². The van der Waals surface area contributed by atoms with Gasteiger partial charge >= 0.3 is 5.97 Å². The van der Waals surface area contributed by atoms with Crippen LogP contribution in [0.15, 0.2) is 48.5 Å². The minimum atomic E-state index is -0.739. The second-order valence-electron chi connectivity index (χ2n) is 5.99. The van der Waals surface area contributed by atoms with Crippen molar-refractivity contribution >= 4 is 41.6 Å². The van der Waals surface area contributed by atoms with Crippen LogP contribution in [0.25, 0.3) is 0 Å². The van der Waals surface area contributed by atoms with Gasteiger partial charge in [0.1, 0.15) is 6.04 Å². The van der Waals surface area contributed by atoms with Crippen LogP contribution in [0.2, 0.25) is 0 Å². The predicted molar refractivity (Wildman–Crippen MR) is 110 cm³/mol. The summed E-state index contributed by atoms with van der Waals surface area (Å²) in [6, 6.07) is 12.8. The number of hydrogen-bond acceptors (Lipinski definition) is 5. The van der Waals surface area contributed by atoms with Crippen LogP contribution in [-0.4, -0.2) is 30.4 Å². The first-order valence-electron chi connectivity index (χ1n) is 8.61. The van der Waals surface area contributed by atoms with Crippen molar-refractivity contribution in [1.82, 2.24) is 5.32 Å². The molecule has 2 amide bonds. The van der Waals surface area contributed by atoms with E-state index in [4.69, 9.17) is 10.5 Å². The van der Waals surface area contributed by atoms with Gasteiger partial charge in [-0.2, -0.15) is 0 Å². The fourth-order valence-electron chi connectivity index (χ4n) is 2.34. The standard InChI is InChI=1S/C20H23N3O4.ClH/c1-3-27-20(26)13(2)22-19(25)15-6-10-17(11-7-15)23-18(24)12-14-4-8-16(21)9-5-14;/h4-11,13H,3,12,21H2,1-2H3,(H,22,25)(H,23,24);1H. The van der Waals surface area contributed by atoms with Gasteiger partial charge in [-0.05, 0) is 55.8 Å². The van der Waals surface area contributed by atoms with Gasteiger partial charge in [0, 0.05) is 16.9 Å². The Hall–Kier alpha value is -3.06. The molecule has 0 radical (unpaired) electrons. The molecule has 0 aliphatic heterocycles. The topological polar surface area (TPSA) is 111 Å². The highest BCUT2D eigenvalue weighted by Crippen LogP contribution is 2.12. The lowest BCUT2D eigenvalue weighted by atomic mass is 10.1. The molecule has 1 atom stereocenters. The van der Waals surface area contributed by atoms with Crippen LogP contribution >= 0.6 is 12.4 Å². The molecule has 0 saturated heterocycles. The molecule has 7 nitrogen and oxygen atoms in total. The van der Waals surface area contributed by atoms with Gasteiger partial charge in [0.15, 0.2) is 0 Å². The molecule has 2 aromatic carbocycles. The van der Waals surface area contributed by atoms with Gasteiger partial charge in [0.2, 0.25) is 5.91 Å². The summed E-state index contributed by atoms with van der Waals surface area (Å²) in [4.78, 5) is 35.8. The first-order chi connectivity index (χ1) is 12.9. The van der Waals surface area contributed by atoms with Crippen molar-refractivity contribution in [2.45, 2.75) is 26.3 Å². The van der Waals surface area contributed by atoms with Crippen molar-refractivity contribution in [3.63, 3.8) is 0 Å². The van der Waals surface area contributed by atoms with Gasteiger partial charge in [-0.1, -0.05) is 12.1 Å². The minimum absolute atomic E-state index is 0. The number of carbonyl (C=O) groups excluding carboxylic acids is 3. The van der Waals surface area contributed by atoms with Crippen molar-refractivity contribution < 1.29 is 19.1 Å². The molecule has 0 aliphatic carbocycles. The number of benzene rings is 2. The normalized spacial score (nSPS) is 10.9. The Morgan fingerprint density at radius 3 is 2.21 bits per heavy atom. The summed E-state index contributed by atoms with van der Waals surface area (Å²) >= 11 is 0. The van der Waals surface area contributed by atoms with Gasteiger partial charge in [-0.15, -0.1) is 12.4 Å². The van der Waals surface area contributed by atoms with Crippen LogP contribution in [0.1, 0.15) is 29.8 Å². The fraction of sp³-hybridized carbons (Fsp3) is 0.250. The minimum Gasteiger partial charge on any atom is -0.464 e. The number of rotatable bonds is 7. The van der Waals surface area contributed by atoms with Gasteiger partial charge in [0.25, 0.3) is 5.91 Å². The van der Waals surface area contributed by atoms with Gasteiger partial charge in [-0.25, -0.2) is 4.79 Å². The van der Waals surface area contributed by atoms with Crippen LogP contribution < -0.4 is 16.4 Å². The predicted octanol–water partition coefficient (Wildman–Crippen LogP) is 2.55. The number of esters is 1.